The van der Waals surface area contributed by atoms with Crippen molar-refractivity contribution >= 4 is 0 Å². The monoisotopic (exact) mass is 478 g/mol. The van der Waals surface area contributed by atoms with E-state index in [0.717, 1.165) is 0 Å². The highest BCUT2D eigenvalue weighted by atomic mass is 19.2. The molecule has 0 aliphatic carbocycles. The molecule has 1 unspecified atom stereocenters. The lowest BCUT2D eigenvalue weighted by Gasteiger charge is -2.11. The number of halogens is 4. The molecule has 0 N–H and O–H groups in total. The van der Waals surface area contributed by atoms with Crippen LogP contribution in [0, 0.1) is 0 Å². The second kappa shape index (κ2) is 14.9. The summed E-state index contributed by atoms with van der Waals surface area (Å²) in [5, 5.41) is 0. The van der Waals surface area contributed by atoms with Crippen LogP contribution in [0.2, 0.25) is 0 Å². The van der Waals surface area contributed by atoms with E-state index in [2.05, 4.69) is 39.5 Å². The summed E-state index contributed by atoms with van der Waals surface area (Å²) in [7, 11) is 1.55. The maximum atomic E-state index is 14.6. The molecule has 6 heteroatoms. The summed E-state index contributed by atoms with van der Waals surface area (Å²) >= 11 is 0. The molecule has 1 atom stereocenters. The summed E-state index contributed by atoms with van der Waals surface area (Å²) in [6, 6.07) is 0. The molecule has 0 heterocycles. The summed E-state index contributed by atoms with van der Waals surface area (Å²) in [5.41, 5.74) is -0.423. The number of methoxy groups -OCH3 is 1. The Morgan fingerprint density at radius 1 is 0.794 bits per heavy atom. The van der Waals surface area contributed by atoms with Gasteiger partial charge in [-0.2, -0.15) is 4.39 Å². The normalized spacial score (nSPS) is 14.2. The fourth-order valence-corrected chi connectivity index (χ4v) is 2.23. The van der Waals surface area contributed by atoms with Crippen LogP contribution in [0.15, 0.2) is 120 Å². The molecule has 0 fully saturated rings. The largest absolute Gasteiger partial charge is 0.491 e. The van der Waals surface area contributed by atoms with Crippen molar-refractivity contribution in [1.82, 2.24) is 0 Å². The lowest BCUT2D eigenvalue weighted by atomic mass is 10.0. The maximum absolute atomic E-state index is 14.6. The highest BCUT2D eigenvalue weighted by Crippen LogP contribution is 2.31. The minimum atomic E-state index is -1.30. The summed E-state index contributed by atoms with van der Waals surface area (Å²) in [5.74, 6) is -5.46. The van der Waals surface area contributed by atoms with Gasteiger partial charge in [-0.1, -0.05) is 64.6 Å². The molecule has 0 amide bonds. The molecule has 0 aliphatic rings. The number of rotatable bonds is 15. The number of allylic oxidation sites excluding steroid dienone is 12. The molecule has 0 aromatic heterocycles. The molecule has 0 saturated carbocycles. The van der Waals surface area contributed by atoms with Gasteiger partial charge in [0.2, 0.25) is 5.83 Å². The van der Waals surface area contributed by atoms with Crippen LogP contribution in [0.25, 0.3) is 0 Å². The molecule has 0 spiro atoms. The van der Waals surface area contributed by atoms with Crippen molar-refractivity contribution in [3.05, 3.63) is 120 Å². The van der Waals surface area contributed by atoms with Gasteiger partial charge >= 0.3 is 0 Å². The van der Waals surface area contributed by atoms with E-state index in [1.807, 2.05) is 6.92 Å². The van der Waals surface area contributed by atoms with Crippen molar-refractivity contribution in [3.63, 3.8) is 0 Å². The van der Waals surface area contributed by atoms with Crippen molar-refractivity contribution in [3.8, 4) is 0 Å². The van der Waals surface area contributed by atoms with Gasteiger partial charge < -0.3 is 9.47 Å². The van der Waals surface area contributed by atoms with Gasteiger partial charge in [-0.05, 0) is 43.4 Å². The van der Waals surface area contributed by atoms with Gasteiger partial charge in [0.05, 0.1) is 12.7 Å². The Morgan fingerprint density at radius 3 is 1.68 bits per heavy atom. The van der Waals surface area contributed by atoms with Crippen LogP contribution < -0.4 is 0 Å². The second-order valence-corrected chi connectivity index (χ2v) is 7.52. The topological polar surface area (TPSA) is 18.5 Å². The first-order chi connectivity index (χ1) is 15.8. The predicted molar refractivity (Wildman–Crippen MR) is 134 cm³/mol. The van der Waals surface area contributed by atoms with Crippen molar-refractivity contribution < 1.29 is 27.0 Å². The molecule has 34 heavy (non-hydrogen) atoms. The predicted octanol–water partition coefficient (Wildman–Crippen LogP) is 8.94. The van der Waals surface area contributed by atoms with Gasteiger partial charge in [0.15, 0.2) is 23.2 Å². The van der Waals surface area contributed by atoms with Crippen LogP contribution in [0.1, 0.15) is 33.6 Å². The van der Waals surface area contributed by atoms with Gasteiger partial charge in [0.25, 0.3) is 0 Å². The molecule has 0 bridgehead atoms. The Morgan fingerprint density at radius 2 is 1.24 bits per heavy atom. The van der Waals surface area contributed by atoms with Crippen LogP contribution in [-0.4, -0.2) is 19.8 Å². The van der Waals surface area contributed by atoms with E-state index in [1.165, 1.54) is 12.2 Å². The number of hydrogen-bond donors (Lipinski definition) is 0. The van der Waals surface area contributed by atoms with Crippen LogP contribution >= 0.6 is 0 Å². The highest BCUT2D eigenvalue weighted by Gasteiger charge is 2.17. The average molecular weight is 479 g/mol. The fraction of sp³-hybridized carbons (Fsp3) is 0.286. The maximum Gasteiger partial charge on any atom is 0.200 e. The van der Waals surface area contributed by atoms with E-state index in [-0.39, 0.29) is 40.6 Å². The van der Waals surface area contributed by atoms with E-state index < -0.39 is 29.1 Å². The van der Waals surface area contributed by atoms with Crippen LogP contribution in [0.5, 0.6) is 0 Å². The first kappa shape index (κ1) is 30.9. The Kier molecular flexibility index (Phi) is 13.5. The first-order valence-electron chi connectivity index (χ1n) is 10.6. The minimum Gasteiger partial charge on any atom is -0.491 e. The summed E-state index contributed by atoms with van der Waals surface area (Å²) in [6.45, 7) is 26.6. The van der Waals surface area contributed by atoms with Crippen molar-refractivity contribution in [2.75, 3.05) is 13.7 Å². The molecular weight excluding hydrogens is 444 g/mol. The molecule has 0 rings (SSSR count). The van der Waals surface area contributed by atoms with E-state index in [4.69, 9.17) is 9.47 Å². The smallest absolute Gasteiger partial charge is 0.200 e. The van der Waals surface area contributed by atoms with E-state index >= 15 is 0 Å². The van der Waals surface area contributed by atoms with Crippen molar-refractivity contribution in [1.29, 1.82) is 0 Å². The standard InChI is InChI=1S/C28H34F4O2/c1-11-16-34-24(9)28(32)27(31)23(8)18(3)13-12-17(2)21(6)25(29)26(30)22(7)19(4)14-15-20(5)33-10/h12-14,20H,2-3,6-9,11,15-16H2,1,4-5,10H3/b13-12-,19-14+,26-25-,28-27-. The molecular formula is C28H34F4O2. The third kappa shape index (κ3) is 9.40. The van der Waals surface area contributed by atoms with Crippen LogP contribution in [-0.2, 0) is 9.47 Å². The first-order valence-corrected chi connectivity index (χ1v) is 10.6. The molecule has 0 saturated heterocycles. The highest BCUT2D eigenvalue weighted by molar-refractivity contribution is 5.55. The van der Waals surface area contributed by atoms with Gasteiger partial charge in [-0.15, -0.1) is 0 Å². The van der Waals surface area contributed by atoms with Gasteiger partial charge in [-0.3, -0.25) is 0 Å². The number of hydrogen-bond acceptors (Lipinski definition) is 2. The minimum absolute atomic E-state index is 0.00964. The third-order valence-corrected chi connectivity index (χ3v) is 4.80. The number of ether oxygens (including phenoxy) is 2. The summed E-state index contributed by atoms with van der Waals surface area (Å²) in [6.07, 6.45) is 5.18. The van der Waals surface area contributed by atoms with Gasteiger partial charge in [0, 0.05) is 23.8 Å². The van der Waals surface area contributed by atoms with Gasteiger partial charge in [-0.25, -0.2) is 13.2 Å². The fourth-order valence-electron chi connectivity index (χ4n) is 2.23. The van der Waals surface area contributed by atoms with Crippen molar-refractivity contribution in [2.45, 2.75) is 39.7 Å². The average Bonchev–Trinajstić information content (AvgIpc) is 2.84. The molecule has 0 radical (unpaired) electrons. The molecule has 0 aromatic rings. The summed E-state index contributed by atoms with van der Waals surface area (Å²) < 4.78 is 67.8. The molecule has 186 valence electrons. The van der Waals surface area contributed by atoms with Crippen molar-refractivity contribution in [2.24, 2.45) is 0 Å². The Labute approximate surface area is 201 Å². The van der Waals surface area contributed by atoms with Crippen LogP contribution in [0.3, 0.4) is 0 Å². The molecule has 0 aromatic carbocycles. The zero-order valence-electron chi connectivity index (χ0n) is 20.5. The third-order valence-electron chi connectivity index (χ3n) is 4.80. The zero-order valence-corrected chi connectivity index (χ0v) is 20.5. The Bertz CT molecular complexity index is 974. The van der Waals surface area contributed by atoms with Gasteiger partial charge in [0.1, 0.15) is 0 Å². The molecule has 0 aliphatic heterocycles. The molecule has 2 nitrogen and oxygen atoms in total. The lowest BCUT2D eigenvalue weighted by Crippen LogP contribution is -2.02. The quantitative estimate of drug-likeness (QED) is 0.133. The second-order valence-electron chi connectivity index (χ2n) is 7.52. The van der Waals surface area contributed by atoms with E-state index in [9.17, 15) is 17.6 Å². The van der Waals surface area contributed by atoms with E-state index in [0.29, 0.717) is 18.4 Å². The van der Waals surface area contributed by atoms with Crippen LogP contribution in [0.4, 0.5) is 17.6 Å². The van der Waals surface area contributed by atoms with E-state index in [1.54, 1.807) is 27.0 Å². The zero-order chi connectivity index (χ0) is 26.6. The SMILES string of the molecule is C=C(/C=C\C(=C)C(=C)/C(F)=C(/F)C(=C)/C(C)=C/CC(C)OC)C(=C)/C(F)=C(/F)C(=C)OCCC. The summed E-state index contributed by atoms with van der Waals surface area (Å²) in [4.78, 5) is 0. The Hall–Kier alpha value is -3.12. The Balaban J connectivity index is 5.44. The lowest BCUT2D eigenvalue weighted by molar-refractivity contribution is 0.121.